The van der Waals surface area contributed by atoms with E-state index in [1.54, 1.807) is 11.3 Å². The van der Waals surface area contributed by atoms with Crippen molar-refractivity contribution in [3.05, 3.63) is 23.2 Å². The number of pyridine rings is 1. The molecule has 28 heavy (non-hydrogen) atoms. The molecule has 0 atom stereocenters. The Kier molecular flexibility index (Phi) is 5.26. The molecule has 0 bridgehead atoms. The Morgan fingerprint density at radius 1 is 1.18 bits per heavy atom. The average molecular weight is 408 g/mol. The number of nitrogens with zero attached hydrogens (tertiary/aromatic N) is 4. The second-order valence-electron chi connectivity index (χ2n) is 8.19. The number of thiazole rings is 1. The van der Waals surface area contributed by atoms with Crippen molar-refractivity contribution in [3.8, 4) is 10.7 Å². The van der Waals surface area contributed by atoms with Crippen LogP contribution in [0.1, 0.15) is 31.4 Å². The molecule has 0 spiro atoms. The van der Waals surface area contributed by atoms with Crippen LogP contribution in [0, 0.1) is 6.92 Å². The summed E-state index contributed by atoms with van der Waals surface area (Å²) in [7, 11) is 4.20. The average Bonchev–Trinajstić information content (AvgIpc) is 3.02. The first-order chi connectivity index (χ1) is 13.3. The summed E-state index contributed by atoms with van der Waals surface area (Å²) >= 11 is 1.58. The summed E-state index contributed by atoms with van der Waals surface area (Å²) in [6.45, 7) is 3.92. The molecule has 152 valence electrons. The van der Waals surface area contributed by atoms with Gasteiger partial charge in [0.05, 0.1) is 0 Å². The van der Waals surface area contributed by atoms with E-state index in [9.17, 15) is 8.78 Å². The van der Waals surface area contributed by atoms with Gasteiger partial charge in [-0.3, -0.25) is 0 Å². The van der Waals surface area contributed by atoms with Crippen LogP contribution in [0.5, 0.6) is 0 Å². The molecule has 8 heteroatoms. The van der Waals surface area contributed by atoms with Crippen LogP contribution < -0.4 is 10.2 Å². The number of rotatable bonds is 5. The van der Waals surface area contributed by atoms with Crippen molar-refractivity contribution in [2.75, 3.05) is 37.4 Å². The van der Waals surface area contributed by atoms with Gasteiger partial charge >= 0.3 is 0 Å². The van der Waals surface area contributed by atoms with Crippen LogP contribution in [0.4, 0.5) is 20.3 Å². The fourth-order valence-electron chi connectivity index (χ4n) is 3.74. The summed E-state index contributed by atoms with van der Waals surface area (Å²) in [5, 5.41) is 6.32. The van der Waals surface area contributed by atoms with Gasteiger partial charge in [-0.1, -0.05) is 0 Å². The van der Waals surface area contributed by atoms with Crippen LogP contribution in [0.3, 0.4) is 0 Å². The smallest absolute Gasteiger partial charge is 0.248 e. The number of likely N-dealkylation sites (N-methyl/N-ethyl adjacent to an activating group) is 1. The molecule has 2 fully saturated rings. The van der Waals surface area contributed by atoms with Gasteiger partial charge in [0.2, 0.25) is 5.92 Å². The number of aromatic nitrogens is 2. The largest absolute Gasteiger partial charge is 0.368 e. The summed E-state index contributed by atoms with van der Waals surface area (Å²) in [5.41, 5.74) is 2.93. The summed E-state index contributed by atoms with van der Waals surface area (Å²) in [5.74, 6) is -1.76. The first kappa shape index (κ1) is 19.5. The third-order valence-electron chi connectivity index (χ3n) is 5.68. The van der Waals surface area contributed by atoms with E-state index in [2.05, 4.69) is 40.3 Å². The molecule has 0 aromatic carbocycles. The number of nitrogens with one attached hydrogen (secondary N) is 1. The summed E-state index contributed by atoms with van der Waals surface area (Å²) in [4.78, 5) is 13.9. The van der Waals surface area contributed by atoms with Gasteiger partial charge in [0.15, 0.2) is 0 Å². The normalized spacial score (nSPS) is 20.4. The van der Waals surface area contributed by atoms with E-state index in [1.807, 2.05) is 18.4 Å². The molecule has 3 heterocycles. The van der Waals surface area contributed by atoms with E-state index in [1.165, 1.54) is 0 Å². The van der Waals surface area contributed by atoms with Crippen molar-refractivity contribution in [2.24, 2.45) is 0 Å². The minimum atomic E-state index is -2.52. The molecule has 2 aromatic rings. The first-order valence-corrected chi connectivity index (χ1v) is 10.7. The number of alkyl halides is 2. The van der Waals surface area contributed by atoms with Crippen molar-refractivity contribution in [2.45, 2.75) is 50.6 Å². The molecule has 0 unspecified atom stereocenters. The van der Waals surface area contributed by atoms with Crippen molar-refractivity contribution in [1.82, 2.24) is 14.9 Å². The van der Waals surface area contributed by atoms with Gasteiger partial charge in [-0.2, -0.15) is 0 Å². The van der Waals surface area contributed by atoms with E-state index in [-0.39, 0.29) is 18.9 Å². The van der Waals surface area contributed by atoms with E-state index in [0.29, 0.717) is 18.9 Å². The Labute approximate surface area is 168 Å². The SMILES string of the molecule is Cc1csc(-c2cc(N3CC(N(C)C)C3)cc(NC3CCC(F)(F)CC3)n2)n1. The lowest BCUT2D eigenvalue weighted by Gasteiger charge is -2.44. The van der Waals surface area contributed by atoms with Crippen LogP contribution in [0.2, 0.25) is 0 Å². The highest BCUT2D eigenvalue weighted by molar-refractivity contribution is 7.13. The molecule has 1 aliphatic carbocycles. The van der Waals surface area contributed by atoms with Gasteiger partial charge in [0.25, 0.3) is 0 Å². The zero-order chi connectivity index (χ0) is 19.9. The second-order valence-corrected chi connectivity index (χ2v) is 9.04. The molecule has 1 N–H and O–H groups in total. The van der Waals surface area contributed by atoms with Gasteiger partial charge in [0.1, 0.15) is 16.5 Å². The molecular formula is C20H27F2N5S. The molecule has 4 rings (SSSR count). The van der Waals surface area contributed by atoms with E-state index in [0.717, 1.165) is 41.0 Å². The predicted octanol–water partition coefficient (Wildman–Crippen LogP) is 4.25. The minimum Gasteiger partial charge on any atom is -0.368 e. The lowest BCUT2D eigenvalue weighted by atomic mass is 9.92. The van der Waals surface area contributed by atoms with Crippen LogP contribution in [-0.4, -0.2) is 60.1 Å². The molecule has 2 aliphatic rings. The van der Waals surface area contributed by atoms with Crippen molar-refractivity contribution in [1.29, 1.82) is 0 Å². The maximum atomic E-state index is 13.5. The Hall–Kier alpha value is -1.80. The van der Waals surface area contributed by atoms with Gasteiger partial charge < -0.3 is 15.1 Å². The molecular weight excluding hydrogens is 380 g/mol. The standard InChI is InChI=1S/C20H27F2N5S/c1-13-12-28-19(23-13)17-8-15(27-10-16(11-27)26(2)3)9-18(25-17)24-14-4-6-20(21,22)7-5-14/h8-9,12,14,16H,4-7,10-11H2,1-3H3,(H,24,25). The highest BCUT2D eigenvalue weighted by Gasteiger charge is 2.35. The van der Waals surface area contributed by atoms with Crippen LogP contribution in [0.15, 0.2) is 17.5 Å². The van der Waals surface area contributed by atoms with Gasteiger partial charge in [-0.05, 0) is 39.9 Å². The fraction of sp³-hybridized carbons (Fsp3) is 0.600. The minimum absolute atomic E-state index is 0.0409. The van der Waals surface area contributed by atoms with Crippen LogP contribution in [-0.2, 0) is 0 Å². The Morgan fingerprint density at radius 2 is 1.89 bits per heavy atom. The Morgan fingerprint density at radius 3 is 2.50 bits per heavy atom. The fourth-order valence-corrected chi connectivity index (χ4v) is 4.50. The van der Waals surface area contributed by atoms with Crippen molar-refractivity contribution < 1.29 is 8.78 Å². The lowest BCUT2D eigenvalue weighted by Crippen LogP contribution is -2.57. The zero-order valence-electron chi connectivity index (χ0n) is 16.6. The number of hydrogen-bond acceptors (Lipinski definition) is 6. The zero-order valence-corrected chi connectivity index (χ0v) is 17.4. The number of hydrogen-bond donors (Lipinski definition) is 1. The maximum absolute atomic E-state index is 13.5. The summed E-state index contributed by atoms with van der Waals surface area (Å²) in [6, 6.07) is 4.72. The number of halogens is 2. The summed E-state index contributed by atoms with van der Waals surface area (Å²) < 4.78 is 26.9. The Balaban J connectivity index is 1.56. The molecule has 0 radical (unpaired) electrons. The third kappa shape index (κ3) is 4.27. The van der Waals surface area contributed by atoms with Gasteiger partial charge in [-0.25, -0.2) is 18.7 Å². The molecule has 0 amide bonds. The van der Waals surface area contributed by atoms with Crippen molar-refractivity contribution in [3.63, 3.8) is 0 Å². The van der Waals surface area contributed by atoms with Crippen molar-refractivity contribution >= 4 is 22.8 Å². The number of anilines is 2. The predicted molar refractivity (Wildman–Crippen MR) is 111 cm³/mol. The first-order valence-electron chi connectivity index (χ1n) is 9.79. The number of aryl methyl sites for hydroxylation is 1. The Bertz CT molecular complexity index is 822. The monoisotopic (exact) mass is 407 g/mol. The van der Waals surface area contributed by atoms with Gasteiger partial charge in [0, 0.05) is 60.8 Å². The highest BCUT2D eigenvalue weighted by atomic mass is 32.1. The summed E-state index contributed by atoms with van der Waals surface area (Å²) in [6.07, 6.45) is 0.826. The van der Waals surface area contributed by atoms with E-state index in [4.69, 9.17) is 4.98 Å². The van der Waals surface area contributed by atoms with E-state index < -0.39 is 5.92 Å². The lowest BCUT2D eigenvalue weighted by molar-refractivity contribution is -0.0361. The second kappa shape index (κ2) is 7.55. The van der Waals surface area contributed by atoms with E-state index >= 15 is 0 Å². The molecule has 2 aromatic heterocycles. The maximum Gasteiger partial charge on any atom is 0.248 e. The highest BCUT2D eigenvalue weighted by Crippen LogP contribution is 2.36. The topological polar surface area (TPSA) is 44.3 Å². The van der Waals surface area contributed by atoms with Crippen LogP contribution >= 0.6 is 11.3 Å². The molecule has 5 nitrogen and oxygen atoms in total. The third-order valence-corrected chi connectivity index (χ3v) is 6.66. The quantitative estimate of drug-likeness (QED) is 0.803. The van der Waals surface area contributed by atoms with Crippen LogP contribution in [0.25, 0.3) is 10.7 Å². The molecule has 1 saturated heterocycles. The van der Waals surface area contributed by atoms with Gasteiger partial charge in [-0.15, -0.1) is 11.3 Å². The molecule has 1 saturated carbocycles. The molecule has 1 aliphatic heterocycles.